The lowest BCUT2D eigenvalue weighted by molar-refractivity contribution is 0.108. The van der Waals surface area contributed by atoms with Gasteiger partial charge < -0.3 is 10.5 Å². The van der Waals surface area contributed by atoms with Crippen LogP contribution in [0.2, 0.25) is 0 Å². The highest BCUT2D eigenvalue weighted by Gasteiger charge is 2.13. The Bertz CT molecular complexity index is 1810. The maximum atomic E-state index is 11.3. The Hall–Kier alpha value is -1.77. The van der Waals surface area contributed by atoms with Crippen molar-refractivity contribution >= 4 is 6.09 Å². The molecule has 1 rings (SSSR count). The van der Waals surface area contributed by atoms with E-state index in [0.717, 1.165) is 12.0 Å². The van der Waals surface area contributed by atoms with E-state index in [-0.39, 0.29) is 6.10 Å². The zero-order chi connectivity index (χ0) is 78.3. The number of hydrogen-bond acceptors (Lipinski definition) is 2. The highest BCUT2D eigenvalue weighted by Crippen LogP contribution is 2.26. The van der Waals surface area contributed by atoms with E-state index in [0.29, 0.717) is 6.42 Å². The zero-order valence-corrected chi connectivity index (χ0v) is 75.9. The number of carbonyl (C=O) groups excluding carboxylic acids is 1. The molecule has 650 valence electrons. The third kappa shape index (κ3) is 91.7. The van der Waals surface area contributed by atoms with Gasteiger partial charge >= 0.3 is 6.09 Å². The molecule has 0 saturated carbocycles. The fourth-order valence-corrected chi connectivity index (χ4v) is 18.0. The summed E-state index contributed by atoms with van der Waals surface area (Å²) in [5.74, 6) is 0. The first-order valence-corrected chi connectivity index (χ1v) is 52.4. The van der Waals surface area contributed by atoms with Gasteiger partial charge in [0.1, 0.15) is 6.10 Å². The Balaban J connectivity index is 1.60. The fraction of sp³-hybridized carbons (Fsp3) is 0.916. The molecule has 0 radical (unpaired) electrons. The molecule has 3 heteroatoms. The predicted octanol–water partition coefficient (Wildman–Crippen LogP) is 39.8. The van der Waals surface area contributed by atoms with Gasteiger partial charge in [-0.3, -0.25) is 0 Å². The monoisotopic (exact) mass is 1540 g/mol. The number of allylic oxidation sites excluding steroid dienone is 1. The van der Waals surface area contributed by atoms with E-state index >= 15 is 0 Å². The van der Waals surface area contributed by atoms with Crippen molar-refractivity contribution in [2.75, 3.05) is 0 Å². The minimum atomic E-state index is -0.712. The summed E-state index contributed by atoms with van der Waals surface area (Å²) in [6.45, 7) is 2.32. The van der Waals surface area contributed by atoms with Gasteiger partial charge in [-0.05, 0) is 18.4 Å². The molecule has 1 unspecified atom stereocenters. The fourth-order valence-electron chi connectivity index (χ4n) is 18.0. The summed E-state index contributed by atoms with van der Waals surface area (Å²) in [5, 5.41) is 0. The Morgan fingerprint density at radius 3 is 0.491 bits per heavy atom. The van der Waals surface area contributed by atoms with Gasteiger partial charge in [0.2, 0.25) is 0 Å². The van der Waals surface area contributed by atoms with E-state index in [4.69, 9.17) is 10.5 Å². The molecule has 1 amide bonds. The van der Waals surface area contributed by atoms with Crippen molar-refractivity contribution in [3.05, 3.63) is 48.0 Å². The number of nitrogens with two attached hydrogens (primary N) is 1. The minimum absolute atomic E-state index is 0.300. The summed E-state index contributed by atoms with van der Waals surface area (Å²) in [5.41, 5.74) is 6.29. The molecule has 0 saturated heterocycles. The molecule has 1 aromatic carbocycles. The van der Waals surface area contributed by atoms with Crippen molar-refractivity contribution in [3.8, 4) is 0 Å². The van der Waals surface area contributed by atoms with E-state index in [1.54, 1.807) is 0 Å². The second-order valence-corrected chi connectivity index (χ2v) is 36.7. The first-order chi connectivity index (χ1) is 54.7. The van der Waals surface area contributed by atoms with Crippen molar-refractivity contribution in [1.29, 1.82) is 0 Å². The molecule has 0 heterocycles. The molecule has 3 nitrogen and oxygen atoms in total. The van der Waals surface area contributed by atoms with Gasteiger partial charge in [0.05, 0.1) is 0 Å². The molecule has 0 fully saturated rings. The van der Waals surface area contributed by atoms with Crippen LogP contribution in [0.25, 0.3) is 0 Å². The predicted molar refractivity (Wildman–Crippen MR) is 498 cm³/mol. The molecular weight excluding hydrogens is 1330 g/mol. The van der Waals surface area contributed by atoms with Crippen LogP contribution < -0.4 is 5.73 Å². The van der Waals surface area contributed by atoms with Gasteiger partial charge in [0.25, 0.3) is 0 Å². The van der Waals surface area contributed by atoms with Gasteiger partial charge in [-0.25, -0.2) is 4.79 Å². The van der Waals surface area contributed by atoms with Crippen molar-refractivity contribution in [1.82, 2.24) is 0 Å². The number of rotatable bonds is 99. The summed E-state index contributed by atoms with van der Waals surface area (Å²) in [6.07, 6.45) is 144. The Kier molecular flexibility index (Phi) is 94.5. The average molecular weight is 1540 g/mol. The standard InChI is InChI=1S/C107H205NO2/c1-2-3-4-5-6-7-8-9-10-11-12-13-14-15-16-17-18-19-20-21-22-23-24-25-26-27-28-29-30-31-32-33-34-35-36-37-38-39-40-41-42-43-44-45-46-47-48-49-50-51-52-53-54-55-56-57-58-59-60-61-62-63-64-65-66-67-68-69-70-71-72-73-74-75-76-77-78-79-80-81-82-83-84-85-86-87-88-89-90-91-92-93-94-95-96-97-101-104-106(110-107(108)109)105-102-99-98-100-103-105/h97-103,106H,2-96,104H2,1H3,(H2,108,109). The van der Waals surface area contributed by atoms with E-state index < -0.39 is 6.09 Å². The van der Waals surface area contributed by atoms with Gasteiger partial charge in [-0.15, -0.1) is 0 Å². The molecule has 110 heavy (non-hydrogen) atoms. The SMILES string of the molecule is CCCCCCCCCCCCCCCCCCCCCCCCCCCCCCCCCCCCCCCCCCCCCCCCCCCCCCCCCCCCCCCCCCCCCCCCCCCCCCCCCCCCCCCCCCCCCCCCC=CCC(OC(N)=O)c1ccccc1. The van der Waals surface area contributed by atoms with Crippen molar-refractivity contribution in [2.24, 2.45) is 5.73 Å². The number of hydrogen-bond donors (Lipinski definition) is 1. The van der Waals surface area contributed by atoms with Crippen LogP contribution in [0.5, 0.6) is 0 Å². The largest absolute Gasteiger partial charge is 0.441 e. The average Bonchev–Trinajstić information content (AvgIpc) is 0.895. The van der Waals surface area contributed by atoms with Crippen LogP contribution in [0.15, 0.2) is 42.5 Å². The van der Waals surface area contributed by atoms with Gasteiger partial charge in [0, 0.05) is 6.42 Å². The molecule has 1 aromatic rings. The zero-order valence-electron chi connectivity index (χ0n) is 75.9. The van der Waals surface area contributed by atoms with Crippen molar-refractivity contribution in [3.63, 3.8) is 0 Å². The Morgan fingerprint density at radius 2 is 0.355 bits per heavy atom. The summed E-state index contributed by atoms with van der Waals surface area (Å²) in [7, 11) is 0. The highest BCUT2D eigenvalue weighted by atomic mass is 16.6. The van der Waals surface area contributed by atoms with Crippen LogP contribution >= 0.6 is 0 Å². The second-order valence-electron chi connectivity index (χ2n) is 36.7. The van der Waals surface area contributed by atoms with Gasteiger partial charge in [-0.2, -0.15) is 0 Å². The number of ether oxygens (including phenoxy) is 1. The maximum absolute atomic E-state index is 11.3. The second kappa shape index (κ2) is 97.8. The minimum Gasteiger partial charge on any atom is -0.441 e. The van der Waals surface area contributed by atoms with E-state index in [1.165, 1.54) is 604 Å². The topological polar surface area (TPSA) is 52.3 Å². The quantitative estimate of drug-likeness (QED) is 0.0522. The van der Waals surface area contributed by atoms with Crippen molar-refractivity contribution in [2.45, 2.75) is 629 Å². The van der Waals surface area contributed by atoms with Crippen LogP contribution in [-0.2, 0) is 4.74 Å². The number of carbonyl (C=O) groups is 1. The molecule has 0 aliphatic carbocycles. The van der Waals surface area contributed by atoms with Gasteiger partial charge in [-0.1, -0.05) is 647 Å². The lowest BCUT2D eigenvalue weighted by atomic mass is 10.0. The summed E-state index contributed by atoms with van der Waals surface area (Å²) in [6, 6.07) is 9.88. The molecule has 0 aliphatic heterocycles. The normalized spacial score (nSPS) is 12.1. The lowest BCUT2D eigenvalue weighted by Gasteiger charge is -2.15. The smallest absolute Gasteiger partial charge is 0.405 e. The van der Waals surface area contributed by atoms with E-state index in [1.807, 2.05) is 30.3 Å². The molecule has 0 aromatic heterocycles. The first kappa shape index (κ1) is 106. The number of benzene rings is 1. The highest BCUT2D eigenvalue weighted by molar-refractivity contribution is 5.65. The van der Waals surface area contributed by atoms with Crippen molar-refractivity contribution < 1.29 is 9.53 Å². The molecule has 0 aliphatic rings. The summed E-state index contributed by atoms with van der Waals surface area (Å²) >= 11 is 0. The third-order valence-corrected chi connectivity index (χ3v) is 25.7. The first-order valence-electron chi connectivity index (χ1n) is 52.4. The molecule has 2 N–H and O–H groups in total. The van der Waals surface area contributed by atoms with E-state index in [9.17, 15) is 4.79 Å². The molecule has 1 atom stereocenters. The van der Waals surface area contributed by atoms with Crippen LogP contribution in [0.4, 0.5) is 4.79 Å². The van der Waals surface area contributed by atoms with Crippen LogP contribution in [-0.4, -0.2) is 6.09 Å². The maximum Gasteiger partial charge on any atom is 0.405 e. The molecule has 0 bridgehead atoms. The Labute approximate surface area is 694 Å². The van der Waals surface area contributed by atoms with Gasteiger partial charge in [0.15, 0.2) is 0 Å². The van der Waals surface area contributed by atoms with E-state index in [2.05, 4.69) is 19.1 Å². The molecule has 0 spiro atoms. The molecular formula is C107H205NO2. The number of amides is 1. The van der Waals surface area contributed by atoms with Crippen LogP contribution in [0, 0.1) is 0 Å². The number of primary amides is 1. The Morgan fingerprint density at radius 1 is 0.218 bits per heavy atom. The third-order valence-electron chi connectivity index (χ3n) is 25.7. The number of unbranched alkanes of at least 4 members (excludes halogenated alkanes) is 94. The van der Waals surface area contributed by atoms with Crippen LogP contribution in [0.1, 0.15) is 635 Å². The lowest BCUT2D eigenvalue weighted by Crippen LogP contribution is -2.17. The van der Waals surface area contributed by atoms with Crippen LogP contribution in [0.3, 0.4) is 0 Å². The summed E-state index contributed by atoms with van der Waals surface area (Å²) in [4.78, 5) is 11.3. The summed E-state index contributed by atoms with van der Waals surface area (Å²) < 4.78 is 5.33.